The predicted molar refractivity (Wildman–Crippen MR) is 74.0 cm³/mol. The number of aliphatic carboxylic acids is 1. The van der Waals surface area contributed by atoms with Gasteiger partial charge >= 0.3 is 5.97 Å². The second-order valence-corrected chi connectivity index (χ2v) is 4.76. The molecule has 1 aromatic rings. The first-order valence-electron chi connectivity index (χ1n) is 6.55. The van der Waals surface area contributed by atoms with Crippen LogP contribution >= 0.6 is 0 Å². The molecule has 0 heterocycles. The van der Waals surface area contributed by atoms with Crippen LogP contribution in [-0.4, -0.2) is 42.1 Å². The van der Waals surface area contributed by atoms with Crippen molar-refractivity contribution in [2.75, 3.05) is 18.5 Å². The van der Waals surface area contributed by atoms with Crippen LogP contribution in [0.1, 0.15) is 23.2 Å². The molecule has 1 aliphatic carbocycles. The largest absolute Gasteiger partial charge is 0.480 e. The smallest absolute Gasteiger partial charge is 0.329 e. The van der Waals surface area contributed by atoms with Gasteiger partial charge in [0.05, 0.1) is 0 Å². The fourth-order valence-corrected chi connectivity index (χ4v) is 1.63. The molecule has 1 aromatic carbocycles. The predicted octanol–water partition coefficient (Wildman–Crippen LogP) is 0.618. The molecule has 1 fully saturated rings. The molecule has 2 amide bonds. The molecule has 0 aromatic heterocycles. The molecule has 0 saturated heterocycles. The molecule has 0 unspecified atom stereocenters. The standard InChI is InChI=1S/C14H16N2O5/c17-12(7-21-8-13(18)19)15-10-3-1-9(2-4-10)14(20)16-11-5-6-11/h1-4,11H,5-8H2,(H,15,17)(H,16,20)(H,18,19). The third-order valence-electron chi connectivity index (χ3n) is 2.80. The molecule has 0 aliphatic heterocycles. The monoisotopic (exact) mass is 292 g/mol. The minimum atomic E-state index is -1.13. The number of carbonyl (C=O) groups is 3. The highest BCUT2D eigenvalue weighted by molar-refractivity contribution is 5.96. The number of hydrogen-bond donors (Lipinski definition) is 3. The van der Waals surface area contributed by atoms with Gasteiger partial charge in [0.2, 0.25) is 5.91 Å². The van der Waals surface area contributed by atoms with Gasteiger partial charge in [-0.3, -0.25) is 9.59 Å². The summed E-state index contributed by atoms with van der Waals surface area (Å²) in [6.07, 6.45) is 2.05. The number of nitrogens with one attached hydrogen (secondary N) is 2. The van der Waals surface area contributed by atoms with Crippen molar-refractivity contribution in [2.24, 2.45) is 0 Å². The van der Waals surface area contributed by atoms with E-state index in [1.807, 2.05) is 0 Å². The lowest BCUT2D eigenvalue weighted by Crippen LogP contribution is -2.25. The Kier molecular flexibility index (Phi) is 4.89. The van der Waals surface area contributed by atoms with Crippen molar-refractivity contribution in [3.05, 3.63) is 29.8 Å². The topological polar surface area (TPSA) is 105 Å². The Morgan fingerprint density at radius 1 is 1.14 bits per heavy atom. The van der Waals surface area contributed by atoms with Gasteiger partial charge in [-0.2, -0.15) is 0 Å². The summed E-state index contributed by atoms with van der Waals surface area (Å²) in [6.45, 7) is -0.857. The molecule has 0 radical (unpaired) electrons. The van der Waals surface area contributed by atoms with Crippen molar-refractivity contribution in [3.8, 4) is 0 Å². The molecule has 1 aliphatic rings. The molecule has 2 rings (SSSR count). The first-order valence-corrected chi connectivity index (χ1v) is 6.55. The number of amides is 2. The van der Waals surface area contributed by atoms with Crippen LogP contribution in [0.25, 0.3) is 0 Å². The molecule has 7 nitrogen and oxygen atoms in total. The van der Waals surface area contributed by atoms with E-state index in [0.29, 0.717) is 17.3 Å². The van der Waals surface area contributed by atoms with Crippen LogP contribution in [0, 0.1) is 0 Å². The minimum absolute atomic E-state index is 0.125. The summed E-state index contributed by atoms with van der Waals surface area (Å²) >= 11 is 0. The fraction of sp³-hybridized carbons (Fsp3) is 0.357. The summed E-state index contributed by atoms with van der Waals surface area (Å²) < 4.78 is 4.67. The van der Waals surface area contributed by atoms with Gasteiger partial charge in [-0.05, 0) is 37.1 Å². The van der Waals surface area contributed by atoms with Crippen LogP contribution in [0.2, 0.25) is 0 Å². The molecular formula is C14H16N2O5. The van der Waals surface area contributed by atoms with Crippen molar-refractivity contribution in [1.29, 1.82) is 0 Å². The molecule has 112 valence electrons. The van der Waals surface area contributed by atoms with E-state index in [1.165, 1.54) is 0 Å². The number of rotatable bonds is 7. The number of hydrogen-bond acceptors (Lipinski definition) is 4. The van der Waals surface area contributed by atoms with Gasteiger partial charge in [-0.25, -0.2) is 4.79 Å². The zero-order valence-corrected chi connectivity index (χ0v) is 11.3. The number of carboxylic acid groups (broad SMARTS) is 1. The second-order valence-electron chi connectivity index (χ2n) is 4.76. The van der Waals surface area contributed by atoms with E-state index in [0.717, 1.165) is 12.8 Å². The number of ether oxygens (including phenoxy) is 1. The Labute approximate surface area is 121 Å². The second kappa shape index (κ2) is 6.85. The van der Waals surface area contributed by atoms with E-state index in [4.69, 9.17) is 5.11 Å². The lowest BCUT2D eigenvalue weighted by molar-refractivity contribution is -0.143. The summed E-state index contributed by atoms with van der Waals surface area (Å²) in [7, 11) is 0. The van der Waals surface area contributed by atoms with Gasteiger partial charge in [0.1, 0.15) is 13.2 Å². The molecule has 21 heavy (non-hydrogen) atoms. The molecule has 1 saturated carbocycles. The normalized spacial score (nSPS) is 13.5. The zero-order chi connectivity index (χ0) is 15.2. The van der Waals surface area contributed by atoms with Crippen LogP contribution < -0.4 is 10.6 Å². The number of anilines is 1. The molecular weight excluding hydrogens is 276 g/mol. The summed E-state index contributed by atoms with van der Waals surface area (Å²) in [5.41, 5.74) is 1.05. The fourth-order valence-electron chi connectivity index (χ4n) is 1.63. The zero-order valence-electron chi connectivity index (χ0n) is 11.3. The van der Waals surface area contributed by atoms with E-state index in [1.54, 1.807) is 24.3 Å². The first kappa shape index (κ1) is 15.0. The van der Waals surface area contributed by atoms with Crippen molar-refractivity contribution < 1.29 is 24.2 Å². The Balaban J connectivity index is 1.79. The Morgan fingerprint density at radius 2 is 1.81 bits per heavy atom. The van der Waals surface area contributed by atoms with E-state index in [-0.39, 0.29) is 12.5 Å². The summed E-state index contributed by atoms with van der Waals surface area (Å²) in [4.78, 5) is 33.4. The van der Waals surface area contributed by atoms with Crippen molar-refractivity contribution >= 4 is 23.5 Å². The quantitative estimate of drug-likeness (QED) is 0.683. The van der Waals surface area contributed by atoms with Gasteiger partial charge in [0.15, 0.2) is 0 Å². The Bertz CT molecular complexity index is 537. The van der Waals surface area contributed by atoms with Crippen LogP contribution in [0.15, 0.2) is 24.3 Å². The number of carbonyl (C=O) groups excluding carboxylic acids is 2. The third-order valence-corrected chi connectivity index (χ3v) is 2.80. The Hall–Kier alpha value is -2.41. The average molecular weight is 292 g/mol. The summed E-state index contributed by atoms with van der Waals surface area (Å²) in [5.74, 6) is -1.71. The van der Waals surface area contributed by atoms with E-state index in [2.05, 4.69) is 15.4 Å². The maximum atomic E-state index is 11.8. The van der Waals surface area contributed by atoms with Gasteiger partial charge in [0.25, 0.3) is 5.91 Å². The van der Waals surface area contributed by atoms with E-state index in [9.17, 15) is 14.4 Å². The highest BCUT2D eigenvalue weighted by Crippen LogP contribution is 2.19. The molecule has 0 bridgehead atoms. The Morgan fingerprint density at radius 3 is 2.38 bits per heavy atom. The van der Waals surface area contributed by atoms with Crippen molar-refractivity contribution in [3.63, 3.8) is 0 Å². The van der Waals surface area contributed by atoms with Gasteiger partial charge in [-0.1, -0.05) is 0 Å². The lowest BCUT2D eigenvalue weighted by Gasteiger charge is -2.07. The minimum Gasteiger partial charge on any atom is -0.480 e. The maximum Gasteiger partial charge on any atom is 0.329 e. The van der Waals surface area contributed by atoms with Crippen LogP contribution in [0.3, 0.4) is 0 Å². The van der Waals surface area contributed by atoms with Gasteiger partial charge in [-0.15, -0.1) is 0 Å². The number of carboxylic acids is 1. The lowest BCUT2D eigenvalue weighted by atomic mass is 10.2. The van der Waals surface area contributed by atoms with E-state index < -0.39 is 18.5 Å². The third kappa shape index (κ3) is 5.23. The van der Waals surface area contributed by atoms with Crippen LogP contribution in [-0.2, 0) is 14.3 Å². The maximum absolute atomic E-state index is 11.8. The van der Waals surface area contributed by atoms with Gasteiger partial charge < -0.3 is 20.5 Å². The SMILES string of the molecule is O=C(O)COCC(=O)Nc1ccc(C(=O)NC2CC2)cc1. The van der Waals surface area contributed by atoms with Crippen molar-refractivity contribution in [1.82, 2.24) is 5.32 Å². The summed E-state index contributed by atoms with van der Waals surface area (Å²) in [6, 6.07) is 6.74. The van der Waals surface area contributed by atoms with Crippen molar-refractivity contribution in [2.45, 2.75) is 18.9 Å². The average Bonchev–Trinajstić information content (AvgIpc) is 3.23. The molecule has 3 N–H and O–H groups in total. The highest BCUT2D eigenvalue weighted by atomic mass is 16.5. The highest BCUT2D eigenvalue weighted by Gasteiger charge is 2.23. The van der Waals surface area contributed by atoms with Crippen LogP contribution in [0.5, 0.6) is 0 Å². The number of benzene rings is 1. The first-order chi connectivity index (χ1) is 10.0. The van der Waals surface area contributed by atoms with Gasteiger partial charge in [0, 0.05) is 17.3 Å². The summed E-state index contributed by atoms with van der Waals surface area (Å²) in [5, 5.41) is 13.8. The van der Waals surface area contributed by atoms with Crippen LogP contribution in [0.4, 0.5) is 5.69 Å². The molecule has 0 atom stereocenters. The van der Waals surface area contributed by atoms with E-state index >= 15 is 0 Å². The molecule has 7 heteroatoms. The molecule has 0 spiro atoms.